The van der Waals surface area contributed by atoms with Crippen LogP contribution in [0.3, 0.4) is 0 Å². The summed E-state index contributed by atoms with van der Waals surface area (Å²) in [6.07, 6.45) is 4.03. The zero-order chi connectivity index (χ0) is 12.1. The molecule has 2 rings (SSSR count). The van der Waals surface area contributed by atoms with E-state index in [0.717, 1.165) is 24.2 Å². The molecule has 0 aliphatic heterocycles. The van der Waals surface area contributed by atoms with Gasteiger partial charge < -0.3 is 0 Å². The maximum absolute atomic E-state index is 5.54. The normalized spacial score (nSPS) is 12.6. The Morgan fingerprint density at radius 1 is 1.29 bits per heavy atom. The second-order valence-electron chi connectivity index (χ2n) is 4.03. The van der Waals surface area contributed by atoms with E-state index in [0.29, 0.717) is 0 Å². The highest BCUT2D eigenvalue weighted by Gasteiger charge is 2.11. The van der Waals surface area contributed by atoms with Crippen LogP contribution in [-0.2, 0) is 0 Å². The van der Waals surface area contributed by atoms with Crippen LogP contribution >= 0.6 is 0 Å². The van der Waals surface area contributed by atoms with Crippen LogP contribution in [0, 0.1) is 0 Å². The van der Waals surface area contributed by atoms with E-state index in [9.17, 15) is 0 Å². The molecule has 1 aromatic heterocycles. The molecule has 4 heteroatoms. The van der Waals surface area contributed by atoms with Gasteiger partial charge in [0.1, 0.15) is 0 Å². The Labute approximate surface area is 101 Å². The summed E-state index contributed by atoms with van der Waals surface area (Å²) in [5.41, 5.74) is 4.85. The van der Waals surface area contributed by atoms with Gasteiger partial charge in [-0.25, -0.2) is 4.68 Å². The summed E-state index contributed by atoms with van der Waals surface area (Å²) in [5, 5.41) is 4.54. The number of para-hydroxylation sites is 1. The summed E-state index contributed by atoms with van der Waals surface area (Å²) < 4.78 is 1.87. The van der Waals surface area contributed by atoms with Crippen LogP contribution in [0.15, 0.2) is 42.6 Å². The fraction of sp³-hybridized carbons (Fsp3) is 0.308. The number of aromatic nitrogens is 2. The van der Waals surface area contributed by atoms with Gasteiger partial charge in [0, 0.05) is 6.20 Å². The van der Waals surface area contributed by atoms with Crippen molar-refractivity contribution in [3.63, 3.8) is 0 Å². The van der Waals surface area contributed by atoms with Gasteiger partial charge in [0.15, 0.2) is 0 Å². The van der Waals surface area contributed by atoms with Crippen molar-refractivity contribution in [1.82, 2.24) is 15.2 Å². The van der Waals surface area contributed by atoms with Gasteiger partial charge in [-0.15, -0.1) is 0 Å². The van der Waals surface area contributed by atoms with E-state index >= 15 is 0 Å². The molecule has 0 saturated heterocycles. The zero-order valence-electron chi connectivity index (χ0n) is 10.0. The SMILES string of the molecule is CCCC(NN)c1ccn(-c2ccccc2)n1. The molecule has 1 heterocycles. The molecule has 1 unspecified atom stereocenters. The molecule has 0 radical (unpaired) electrons. The molecule has 4 nitrogen and oxygen atoms in total. The number of nitrogens with one attached hydrogen (secondary N) is 1. The van der Waals surface area contributed by atoms with Crippen molar-refractivity contribution in [2.24, 2.45) is 5.84 Å². The maximum Gasteiger partial charge on any atom is 0.0811 e. The van der Waals surface area contributed by atoms with Gasteiger partial charge in [-0.3, -0.25) is 11.3 Å². The first-order chi connectivity index (χ1) is 8.35. The second-order valence-corrected chi connectivity index (χ2v) is 4.03. The molecular weight excluding hydrogens is 212 g/mol. The van der Waals surface area contributed by atoms with E-state index in [1.165, 1.54) is 0 Å². The van der Waals surface area contributed by atoms with Gasteiger partial charge in [0.05, 0.1) is 17.4 Å². The Morgan fingerprint density at radius 2 is 2.06 bits per heavy atom. The first kappa shape index (κ1) is 11.8. The number of benzene rings is 1. The van der Waals surface area contributed by atoms with E-state index in [1.807, 2.05) is 47.3 Å². The van der Waals surface area contributed by atoms with Crippen LogP contribution in [0.1, 0.15) is 31.5 Å². The van der Waals surface area contributed by atoms with Gasteiger partial charge in [0.25, 0.3) is 0 Å². The number of nitrogens with zero attached hydrogens (tertiary/aromatic N) is 2. The number of hydrogen-bond donors (Lipinski definition) is 2. The third-order valence-electron chi connectivity index (χ3n) is 2.77. The Hall–Kier alpha value is -1.65. The van der Waals surface area contributed by atoms with E-state index in [-0.39, 0.29) is 6.04 Å². The molecule has 2 aromatic rings. The Bertz CT molecular complexity index is 449. The number of nitrogens with two attached hydrogens (primary N) is 1. The number of hydrogen-bond acceptors (Lipinski definition) is 3. The van der Waals surface area contributed by atoms with Gasteiger partial charge in [-0.05, 0) is 24.6 Å². The number of rotatable bonds is 5. The van der Waals surface area contributed by atoms with E-state index in [1.54, 1.807) is 0 Å². The fourth-order valence-corrected chi connectivity index (χ4v) is 1.85. The molecular formula is C13H18N4. The topological polar surface area (TPSA) is 55.9 Å². The Kier molecular flexibility index (Phi) is 3.90. The monoisotopic (exact) mass is 230 g/mol. The maximum atomic E-state index is 5.54. The first-order valence-corrected chi connectivity index (χ1v) is 5.92. The highest BCUT2D eigenvalue weighted by Crippen LogP contribution is 2.16. The lowest BCUT2D eigenvalue weighted by Gasteiger charge is -2.11. The molecule has 0 saturated carbocycles. The summed E-state index contributed by atoms with van der Waals surface area (Å²) in [4.78, 5) is 0. The van der Waals surface area contributed by atoms with Crippen LogP contribution in [-0.4, -0.2) is 9.78 Å². The lowest BCUT2D eigenvalue weighted by molar-refractivity contribution is 0.495. The van der Waals surface area contributed by atoms with Gasteiger partial charge in [-0.1, -0.05) is 31.5 Å². The minimum Gasteiger partial charge on any atom is -0.271 e. The summed E-state index contributed by atoms with van der Waals surface area (Å²) in [7, 11) is 0. The van der Waals surface area contributed by atoms with Crippen LogP contribution < -0.4 is 11.3 Å². The van der Waals surface area contributed by atoms with Gasteiger partial charge >= 0.3 is 0 Å². The molecule has 0 aliphatic rings. The predicted octanol–water partition coefficient (Wildman–Crippen LogP) is 2.18. The van der Waals surface area contributed by atoms with Crippen LogP contribution in [0.4, 0.5) is 0 Å². The fourth-order valence-electron chi connectivity index (χ4n) is 1.85. The third-order valence-corrected chi connectivity index (χ3v) is 2.77. The smallest absolute Gasteiger partial charge is 0.0811 e. The van der Waals surface area contributed by atoms with Crippen molar-refractivity contribution in [1.29, 1.82) is 0 Å². The first-order valence-electron chi connectivity index (χ1n) is 5.92. The van der Waals surface area contributed by atoms with E-state index in [4.69, 9.17) is 5.84 Å². The second kappa shape index (κ2) is 5.61. The van der Waals surface area contributed by atoms with Crippen LogP contribution in [0.25, 0.3) is 5.69 Å². The minimum atomic E-state index is 0.130. The molecule has 0 amide bonds. The van der Waals surface area contributed by atoms with Crippen molar-refractivity contribution in [3.8, 4) is 5.69 Å². The summed E-state index contributed by atoms with van der Waals surface area (Å²) >= 11 is 0. The third kappa shape index (κ3) is 2.72. The van der Waals surface area contributed by atoms with Crippen molar-refractivity contribution < 1.29 is 0 Å². The minimum absolute atomic E-state index is 0.130. The highest BCUT2D eigenvalue weighted by atomic mass is 15.3. The zero-order valence-corrected chi connectivity index (χ0v) is 10.0. The standard InChI is InChI=1S/C13H18N4/c1-2-6-12(15-14)13-9-10-17(16-13)11-7-4-3-5-8-11/h3-5,7-10,12,15H,2,6,14H2,1H3. The average molecular weight is 230 g/mol. The average Bonchev–Trinajstić information content (AvgIpc) is 2.86. The molecule has 0 aliphatic carbocycles. The Balaban J connectivity index is 2.21. The van der Waals surface area contributed by atoms with Gasteiger partial charge in [0.2, 0.25) is 0 Å². The van der Waals surface area contributed by atoms with Crippen molar-refractivity contribution in [2.75, 3.05) is 0 Å². The summed E-state index contributed by atoms with van der Waals surface area (Å²) in [6.45, 7) is 2.14. The molecule has 90 valence electrons. The van der Waals surface area contributed by atoms with Crippen molar-refractivity contribution in [3.05, 3.63) is 48.3 Å². The highest BCUT2D eigenvalue weighted by molar-refractivity contribution is 5.30. The Morgan fingerprint density at radius 3 is 2.71 bits per heavy atom. The molecule has 0 bridgehead atoms. The molecule has 3 N–H and O–H groups in total. The lowest BCUT2D eigenvalue weighted by Crippen LogP contribution is -2.28. The van der Waals surface area contributed by atoms with Crippen molar-refractivity contribution in [2.45, 2.75) is 25.8 Å². The van der Waals surface area contributed by atoms with Crippen LogP contribution in [0.2, 0.25) is 0 Å². The summed E-state index contributed by atoms with van der Waals surface area (Å²) in [5.74, 6) is 5.54. The molecule has 17 heavy (non-hydrogen) atoms. The quantitative estimate of drug-likeness (QED) is 0.611. The van der Waals surface area contributed by atoms with Crippen molar-refractivity contribution >= 4 is 0 Å². The largest absolute Gasteiger partial charge is 0.271 e. The molecule has 1 aromatic carbocycles. The predicted molar refractivity (Wildman–Crippen MR) is 68.5 cm³/mol. The van der Waals surface area contributed by atoms with Gasteiger partial charge in [-0.2, -0.15) is 5.10 Å². The summed E-state index contributed by atoms with van der Waals surface area (Å²) in [6, 6.07) is 12.2. The van der Waals surface area contributed by atoms with Crippen LogP contribution in [0.5, 0.6) is 0 Å². The lowest BCUT2D eigenvalue weighted by atomic mass is 10.1. The molecule has 0 spiro atoms. The van der Waals surface area contributed by atoms with E-state index < -0.39 is 0 Å². The molecule has 1 atom stereocenters. The number of hydrazine groups is 1. The van der Waals surface area contributed by atoms with E-state index in [2.05, 4.69) is 17.4 Å². The molecule has 0 fully saturated rings.